The summed E-state index contributed by atoms with van der Waals surface area (Å²) in [5.41, 5.74) is 1.76. The molecule has 0 radical (unpaired) electrons. The van der Waals surface area contributed by atoms with Crippen molar-refractivity contribution in [3.05, 3.63) is 42.2 Å². The fourth-order valence-corrected chi connectivity index (χ4v) is 2.37. The molecule has 114 valence electrons. The number of ether oxygens (including phenoxy) is 1. The van der Waals surface area contributed by atoms with Gasteiger partial charge in [-0.05, 0) is 31.5 Å². The van der Waals surface area contributed by atoms with E-state index >= 15 is 0 Å². The molecule has 1 aromatic heterocycles. The normalized spacial score (nSPS) is 13.5. The summed E-state index contributed by atoms with van der Waals surface area (Å²) >= 11 is 0. The maximum atomic E-state index is 12.0. The summed E-state index contributed by atoms with van der Waals surface area (Å²) in [6.45, 7) is 3.37. The average molecular weight is 298 g/mol. The fraction of sp³-hybridized carbons (Fsp3) is 0.312. The van der Waals surface area contributed by atoms with Crippen LogP contribution >= 0.6 is 0 Å². The van der Waals surface area contributed by atoms with Gasteiger partial charge >= 0.3 is 0 Å². The van der Waals surface area contributed by atoms with Crippen LogP contribution in [0, 0.1) is 6.92 Å². The van der Waals surface area contributed by atoms with Gasteiger partial charge in [0.15, 0.2) is 6.61 Å². The molecule has 0 saturated carbocycles. The number of aromatic nitrogens is 2. The van der Waals surface area contributed by atoms with Gasteiger partial charge in [0.2, 0.25) is 5.95 Å². The summed E-state index contributed by atoms with van der Waals surface area (Å²) in [7, 11) is 0. The van der Waals surface area contributed by atoms with E-state index < -0.39 is 0 Å². The molecule has 1 amide bonds. The molecule has 0 unspecified atom stereocenters. The van der Waals surface area contributed by atoms with Crippen molar-refractivity contribution in [3.8, 4) is 5.75 Å². The van der Waals surface area contributed by atoms with E-state index in [1.165, 1.54) is 0 Å². The Balaban J connectivity index is 1.56. The highest BCUT2D eigenvalue weighted by molar-refractivity contribution is 5.97. The van der Waals surface area contributed by atoms with Gasteiger partial charge < -0.3 is 15.0 Å². The van der Waals surface area contributed by atoms with Gasteiger partial charge in [0.25, 0.3) is 5.91 Å². The smallest absolute Gasteiger partial charge is 0.265 e. The molecule has 0 aliphatic carbocycles. The van der Waals surface area contributed by atoms with Crippen LogP contribution in [-0.4, -0.2) is 35.6 Å². The Bertz CT molecular complexity index is 675. The fourth-order valence-electron chi connectivity index (χ4n) is 2.37. The average Bonchev–Trinajstić information content (AvgIpc) is 2.53. The van der Waals surface area contributed by atoms with Crippen LogP contribution in [0.5, 0.6) is 5.75 Å². The zero-order valence-electron chi connectivity index (χ0n) is 12.5. The number of para-hydroxylation sites is 2. The molecular weight excluding hydrogens is 280 g/mol. The lowest BCUT2D eigenvalue weighted by Gasteiger charge is -2.29. The van der Waals surface area contributed by atoms with Gasteiger partial charge in [-0.15, -0.1) is 0 Å². The molecule has 0 fully saturated rings. The molecule has 0 atom stereocenters. The second kappa shape index (κ2) is 6.43. The predicted molar refractivity (Wildman–Crippen MR) is 84.2 cm³/mol. The highest BCUT2D eigenvalue weighted by Crippen LogP contribution is 2.31. The molecule has 6 nitrogen and oxygen atoms in total. The van der Waals surface area contributed by atoms with Crippen LogP contribution in [0.15, 0.2) is 36.5 Å². The molecule has 0 bridgehead atoms. The van der Waals surface area contributed by atoms with Crippen LogP contribution in [0.25, 0.3) is 0 Å². The first-order valence-corrected chi connectivity index (χ1v) is 7.30. The van der Waals surface area contributed by atoms with Crippen molar-refractivity contribution in [1.82, 2.24) is 9.97 Å². The number of fused-ring (bicyclic) bond motifs is 1. The molecule has 1 aromatic carbocycles. The lowest BCUT2D eigenvalue weighted by Crippen LogP contribution is -2.39. The molecule has 1 N–H and O–H groups in total. The number of aryl methyl sites for hydroxylation is 1. The van der Waals surface area contributed by atoms with Gasteiger partial charge in [0.05, 0.1) is 5.69 Å². The third-order valence-electron chi connectivity index (χ3n) is 3.44. The van der Waals surface area contributed by atoms with Gasteiger partial charge in [-0.25, -0.2) is 9.97 Å². The topological polar surface area (TPSA) is 67.4 Å². The van der Waals surface area contributed by atoms with E-state index in [1.54, 1.807) is 11.1 Å². The number of hydrogen-bond donors (Lipinski definition) is 1. The summed E-state index contributed by atoms with van der Waals surface area (Å²) in [4.78, 5) is 22.2. The molecule has 1 aliphatic rings. The molecule has 6 heteroatoms. The number of carbonyl (C=O) groups excluding carboxylic acids is 1. The summed E-state index contributed by atoms with van der Waals surface area (Å²) < 4.78 is 5.43. The zero-order valence-corrected chi connectivity index (χ0v) is 12.5. The number of anilines is 2. The van der Waals surface area contributed by atoms with Gasteiger partial charge in [0.1, 0.15) is 5.75 Å². The maximum Gasteiger partial charge on any atom is 0.265 e. The highest BCUT2D eigenvalue weighted by Gasteiger charge is 2.24. The second-order valence-corrected chi connectivity index (χ2v) is 5.10. The van der Waals surface area contributed by atoms with Crippen LogP contribution < -0.4 is 15.0 Å². The molecule has 2 heterocycles. The number of rotatable bonds is 5. The third-order valence-corrected chi connectivity index (χ3v) is 3.44. The molecule has 0 spiro atoms. The zero-order chi connectivity index (χ0) is 15.4. The van der Waals surface area contributed by atoms with Crippen LogP contribution in [0.3, 0.4) is 0 Å². The van der Waals surface area contributed by atoms with E-state index in [9.17, 15) is 4.79 Å². The molecule has 0 saturated heterocycles. The minimum Gasteiger partial charge on any atom is -0.482 e. The Morgan fingerprint density at radius 2 is 2.18 bits per heavy atom. The Morgan fingerprint density at radius 3 is 3.05 bits per heavy atom. The standard InChI is InChI=1S/C16H18N4O2/c1-12-7-9-18-16(19-12)17-8-4-10-20-13-5-2-3-6-14(13)22-11-15(20)21/h2-3,5-7,9H,4,8,10-11H2,1H3,(H,17,18,19). The number of amides is 1. The maximum absolute atomic E-state index is 12.0. The van der Waals surface area contributed by atoms with Crippen molar-refractivity contribution < 1.29 is 9.53 Å². The van der Waals surface area contributed by atoms with Gasteiger partial charge in [-0.2, -0.15) is 0 Å². The Hall–Kier alpha value is -2.63. The minimum atomic E-state index is -0.00879. The molecule has 1 aliphatic heterocycles. The minimum absolute atomic E-state index is 0.00879. The van der Waals surface area contributed by atoms with Gasteiger partial charge in [-0.3, -0.25) is 4.79 Å². The summed E-state index contributed by atoms with van der Waals surface area (Å²) in [5, 5.41) is 3.17. The Labute approximate surface area is 129 Å². The lowest BCUT2D eigenvalue weighted by atomic mass is 10.2. The SMILES string of the molecule is Cc1ccnc(NCCCN2C(=O)COc3ccccc32)n1. The highest BCUT2D eigenvalue weighted by atomic mass is 16.5. The van der Waals surface area contributed by atoms with Crippen molar-refractivity contribution >= 4 is 17.5 Å². The molecular formula is C16H18N4O2. The predicted octanol–water partition coefficient (Wildman–Crippen LogP) is 2.01. The van der Waals surface area contributed by atoms with E-state index in [2.05, 4.69) is 15.3 Å². The lowest BCUT2D eigenvalue weighted by molar-refractivity contribution is -0.121. The first-order valence-electron chi connectivity index (χ1n) is 7.30. The number of benzene rings is 1. The van der Waals surface area contributed by atoms with Crippen LogP contribution in [-0.2, 0) is 4.79 Å². The van der Waals surface area contributed by atoms with Crippen LogP contribution in [0.4, 0.5) is 11.6 Å². The monoisotopic (exact) mass is 298 g/mol. The van der Waals surface area contributed by atoms with E-state index in [0.717, 1.165) is 23.6 Å². The largest absolute Gasteiger partial charge is 0.482 e. The number of nitrogens with one attached hydrogen (secondary N) is 1. The van der Waals surface area contributed by atoms with E-state index in [4.69, 9.17) is 4.74 Å². The van der Waals surface area contributed by atoms with Gasteiger partial charge in [0, 0.05) is 25.0 Å². The molecule has 3 rings (SSSR count). The molecule has 2 aromatic rings. The van der Waals surface area contributed by atoms with Gasteiger partial charge in [-0.1, -0.05) is 12.1 Å². The van der Waals surface area contributed by atoms with Crippen LogP contribution in [0.1, 0.15) is 12.1 Å². The van der Waals surface area contributed by atoms with E-state index in [1.807, 2.05) is 37.3 Å². The van der Waals surface area contributed by atoms with Crippen molar-refractivity contribution in [2.45, 2.75) is 13.3 Å². The summed E-state index contributed by atoms with van der Waals surface area (Å²) in [5.74, 6) is 1.37. The summed E-state index contributed by atoms with van der Waals surface area (Å²) in [6, 6.07) is 9.46. The first kappa shape index (κ1) is 14.3. The second-order valence-electron chi connectivity index (χ2n) is 5.10. The van der Waals surface area contributed by atoms with E-state index in [-0.39, 0.29) is 12.5 Å². The van der Waals surface area contributed by atoms with Crippen LogP contribution in [0.2, 0.25) is 0 Å². The first-order chi connectivity index (χ1) is 10.7. The Kier molecular flexibility index (Phi) is 4.18. The Morgan fingerprint density at radius 1 is 1.32 bits per heavy atom. The number of hydrogen-bond acceptors (Lipinski definition) is 5. The van der Waals surface area contributed by atoms with Crippen molar-refractivity contribution in [2.24, 2.45) is 0 Å². The number of carbonyl (C=O) groups is 1. The number of nitrogens with zero attached hydrogens (tertiary/aromatic N) is 3. The third kappa shape index (κ3) is 3.16. The van der Waals surface area contributed by atoms with Crippen molar-refractivity contribution in [1.29, 1.82) is 0 Å². The van der Waals surface area contributed by atoms with Crippen molar-refractivity contribution in [3.63, 3.8) is 0 Å². The van der Waals surface area contributed by atoms with Crippen molar-refractivity contribution in [2.75, 3.05) is 29.9 Å². The quantitative estimate of drug-likeness (QED) is 0.855. The summed E-state index contributed by atoms with van der Waals surface area (Å²) in [6.07, 6.45) is 2.53. The molecule has 22 heavy (non-hydrogen) atoms. The van der Waals surface area contributed by atoms with E-state index in [0.29, 0.717) is 19.0 Å².